The van der Waals surface area contributed by atoms with Crippen LogP contribution < -0.4 is 0 Å². The third-order valence-corrected chi connectivity index (χ3v) is 4.58. The van der Waals surface area contributed by atoms with Gasteiger partial charge in [0.1, 0.15) is 0 Å². The standard InChI is InChI=1S/C20H23OP/c1-16(19-9-5-3-6-10-19)13-18(15-22-21)14-17(2)20-11-7-4-8-12-20/h3-12,15-17H,13-14H2,1-2H3. The summed E-state index contributed by atoms with van der Waals surface area (Å²) in [6.07, 6.45) is 1.91. The van der Waals surface area contributed by atoms with Crippen LogP contribution in [-0.4, -0.2) is 0 Å². The van der Waals surface area contributed by atoms with Gasteiger partial charge in [0.15, 0.2) is 8.46 Å². The van der Waals surface area contributed by atoms with Gasteiger partial charge in [-0.2, -0.15) is 0 Å². The highest BCUT2D eigenvalue weighted by Crippen LogP contribution is 2.31. The molecule has 22 heavy (non-hydrogen) atoms. The van der Waals surface area contributed by atoms with Gasteiger partial charge in [-0.05, 0) is 35.8 Å². The number of hydrogen-bond donors (Lipinski definition) is 0. The Morgan fingerprint density at radius 2 is 1.27 bits per heavy atom. The maximum atomic E-state index is 11.1. The van der Waals surface area contributed by atoms with Crippen molar-refractivity contribution in [2.75, 3.05) is 0 Å². The second-order valence-electron chi connectivity index (χ2n) is 5.92. The molecule has 2 rings (SSSR count). The lowest BCUT2D eigenvalue weighted by atomic mass is 9.88. The lowest BCUT2D eigenvalue weighted by molar-refractivity contribution is 0.602. The number of rotatable bonds is 7. The summed E-state index contributed by atoms with van der Waals surface area (Å²) in [5.41, 5.74) is 3.94. The molecule has 0 radical (unpaired) electrons. The minimum Gasteiger partial charge on any atom is -0.270 e. The average molecular weight is 310 g/mol. The van der Waals surface area contributed by atoms with E-state index in [4.69, 9.17) is 0 Å². The molecule has 0 aliphatic rings. The van der Waals surface area contributed by atoms with Gasteiger partial charge in [0.05, 0.1) is 0 Å². The van der Waals surface area contributed by atoms with Crippen molar-refractivity contribution in [3.8, 4) is 0 Å². The molecule has 0 aromatic heterocycles. The SMILES string of the molecule is CC(CC(=CP=O)CC(C)c1ccccc1)c1ccccc1. The van der Waals surface area contributed by atoms with Crippen molar-refractivity contribution < 1.29 is 4.57 Å². The van der Waals surface area contributed by atoms with Gasteiger partial charge >= 0.3 is 0 Å². The molecule has 0 spiro atoms. The number of allylic oxidation sites excluding steroid dienone is 1. The van der Waals surface area contributed by atoms with E-state index in [0.29, 0.717) is 11.8 Å². The van der Waals surface area contributed by atoms with Crippen molar-refractivity contribution in [1.82, 2.24) is 0 Å². The van der Waals surface area contributed by atoms with E-state index in [1.165, 1.54) is 16.7 Å². The first-order valence-electron chi connectivity index (χ1n) is 7.81. The van der Waals surface area contributed by atoms with Crippen LogP contribution in [-0.2, 0) is 4.57 Å². The topological polar surface area (TPSA) is 17.1 Å². The molecular formula is C20H23OP. The second-order valence-corrected chi connectivity index (χ2v) is 6.39. The average Bonchev–Trinajstić information content (AvgIpc) is 2.56. The van der Waals surface area contributed by atoms with E-state index in [9.17, 15) is 4.57 Å². The van der Waals surface area contributed by atoms with Gasteiger partial charge in [-0.25, -0.2) is 0 Å². The maximum absolute atomic E-state index is 11.1. The maximum Gasteiger partial charge on any atom is 0.184 e. The molecule has 1 nitrogen and oxygen atoms in total. The van der Waals surface area contributed by atoms with Crippen LogP contribution in [0.15, 0.2) is 72.1 Å². The molecule has 0 heterocycles. The lowest BCUT2D eigenvalue weighted by Gasteiger charge is -2.18. The molecule has 0 aliphatic heterocycles. The Labute approximate surface area is 135 Å². The molecule has 0 bridgehead atoms. The second kappa shape index (κ2) is 8.66. The predicted molar refractivity (Wildman–Crippen MR) is 94.6 cm³/mol. The highest BCUT2D eigenvalue weighted by Gasteiger charge is 2.12. The van der Waals surface area contributed by atoms with Gasteiger partial charge < -0.3 is 0 Å². The van der Waals surface area contributed by atoms with Gasteiger partial charge in [0, 0.05) is 5.82 Å². The van der Waals surface area contributed by atoms with Gasteiger partial charge in [-0.15, -0.1) is 0 Å². The van der Waals surface area contributed by atoms with Crippen LogP contribution in [0.5, 0.6) is 0 Å². The van der Waals surface area contributed by atoms with E-state index in [2.05, 4.69) is 62.4 Å². The summed E-state index contributed by atoms with van der Waals surface area (Å²) < 4.78 is 11.1. The molecule has 0 N–H and O–H groups in total. The van der Waals surface area contributed by atoms with Crippen LogP contribution in [0.1, 0.15) is 49.7 Å². The van der Waals surface area contributed by atoms with Crippen LogP contribution >= 0.6 is 8.46 Å². The van der Waals surface area contributed by atoms with Crippen molar-refractivity contribution in [1.29, 1.82) is 0 Å². The first-order chi connectivity index (χ1) is 10.7. The monoisotopic (exact) mass is 310 g/mol. The van der Waals surface area contributed by atoms with E-state index in [1.54, 1.807) is 0 Å². The predicted octanol–water partition coefficient (Wildman–Crippen LogP) is 6.55. The molecule has 0 saturated heterocycles. The molecule has 2 aromatic rings. The summed E-state index contributed by atoms with van der Waals surface area (Å²) in [7, 11) is 0.106. The molecule has 2 unspecified atom stereocenters. The summed E-state index contributed by atoms with van der Waals surface area (Å²) >= 11 is 0. The molecule has 0 aliphatic carbocycles. The first-order valence-corrected chi connectivity index (χ1v) is 8.69. The molecule has 2 aromatic carbocycles. The summed E-state index contributed by atoms with van der Waals surface area (Å²) in [5.74, 6) is 2.73. The van der Waals surface area contributed by atoms with Crippen LogP contribution in [0.2, 0.25) is 0 Å². The molecule has 0 saturated carbocycles. The molecule has 114 valence electrons. The van der Waals surface area contributed by atoms with Crippen molar-refractivity contribution in [2.24, 2.45) is 0 Å². The summed E-state index contributed by atoms with van der Waals surface area (Å²) in [4.78, 5) is 0. The van der Waals surface area contributed by atoms with Crippen LogP contribution in [0.3, 0.4) is 0 Å². The number of hydrogen-bond acceptors (Lipinski definition) is 1. The first kappa shape index (κ1) is 16.6. The van der Waals surface area contributed by atoms with E-state index in [-0.39, 0.29) is 8.46 Å². The minimum absolute atomic E-state index is 0.106. The van der Waals surface area contributed by atoms with Crippen molar-refractivity contribution in [3.05, 3.63) is 83.2 Å². The Morgan fingerprint density at radius 1 is 0.864 bits per heavy atom. The van der Waals surface area contributed by atoms with E-state index in [0.717, 1.165) is 12.8 Å². The van der Waals surface area contributed by atoms with Crippen LogP contribution in [0.25, 0.3) is 0 Å². The third-order valence-electron chi connectivity index (χ3n) is 4.11. The van der Waals surface area contributed by atoms with Crippen molar-refractivity contribution in [3.63, 3.8) is 0 Å². The van der Waals surface area contributed by atoms with Gasteiger partial charge in [0.2, 0.25) is 0 Å². The summed E-state index contributed by atoms with van der Waals surface area (Å²) in [6, 6.07) is 21.1. The summed E-state index contributed by atoms with van der Waals surface area (Å²) in [6.45, 7) is 4.47. The zero-order valence-corrected chi connectivity index (χ0v) is 14.2. The Kier molecular flexibility index (Phi) is 6.55. The fraction of sp³-hybridized carbons (Fsp3) is 0.300. The Hall–Kier alpha value is -1.72. The Morgan fingerprint density at radius 3 is 1.64 bits per heavy atom. The molecule has 2 atom stereocenters. The van der Waals surface area contributed by atoms with Crippen LogP contribution in [0, 0.1) is 0 Å². The third kappa shape index (κ3) is 4.93. The van der Waals surface area contributed by atoms with E-state index >= 15 is 0 Å². The smallest absolute Gasteiger partial charge is 0.184 e. The highest BCUT2D eigenvalue weighted by molar-refractivity contribution is 7.27. The number of benzene rings is 2. The largest absolute Gasteiger partial charge is 0.270 e. The fourth-order valence-electron chi connectivity index (χ4n) is 2.85. The van der Waals surface area contributed by atoms with E-state index in [1.807, 2.05) is 17.9 Å². The minimum atomic E-state index is 0.106. The van der Waals surface area contributed by atoms with E-state index < -0.39 is 0 Å². The van der Waals surface area contributed by atoms with Gasteiger partial charge in [0.25, 0.3) is 0 Å². The van der Waals surface area contributed by atoms with Crippen LogP contribution in [0.4, 0.5) is 0 Å². The Bertz CT molecular complexity index is 555. The summed E-state index contributed by atoms with van der Waals surface area (Å²) in [5, 5.41) is 0. The van der Waals surface area contributed by atoms with Crippen molar-refractivity contribution in [2.45, 2.75) is 38.5 Å². The van der Waals surface area contributed by atoms with Crippen molar-refractivity contribution >= 4 is 8.46 Å². The fourth-order valence-corrected chi connectivity index (χ4v) is 3.21. The zero-order chi connectivity index (χ0) is 15.8. The Balaban J connectivity index is 2.04. The highest BCUT2D eigenvalue weighted by atomic mass is 31.1. The normalized spacial score (nSPS) is 13.5. The molecular weight excluding hydrogens is 287 g/mol. The molecule has 2 heteroatoms. The molecule has 0 fully saturated rings. The lowest BCUT2D eigenvalue weighted by Crippen LogP contribution is -2.00. The van der Waals surface area contributed by atoms with Gasteiger partial charge in [-0.1, -0.05) is 80.1 Å². The van der Waals surface area contributed by atoms with Gasteiger partial charge in [-0.3, -0.25) is 4.57 Å². The zero-order valence-electron chi connectivity index (χ0n) is 13.3. The quantitative estimate of drug-likeness (QED) is 0.530. The molecule has 0 amide bonds.